The third kappa shape index (κ3) is 3.71. The topological polar surface area (TPSA) is 54.8 Å². The van der Waals surface area contributed by atoms with Crippen molar-refractivity contribution in [3.63, 3.8) is 0 Å². The summed E-state index contributed by atoms with van der Waals surface area (Å²) in [6, 6.07) is 13.6. The van der Waals surface area contributed by atoms with Crippen LogP contribution in [-0.4, -0.2) is 47.7 Å². The number of amides is 1. The Morgan fingerprint density at radius 3 is 2.67 bits per heavy atom. The van der Waals surface area contributed by atoms with Crippen LogP contribution in [0.5, 0.6) is 0 Å². The van der Waals surface area contributed by atoms with Crippen LogP contribution in [-0.2, 0) is 4.74 Å². The normalized spacial score (nSPS) is 18.6. The van der Waals surface area contributed by atoms with Crippen molar-refractivity contribution >= 4 is 17.7 Å². The number of hydrogen-bond acceptors (Lipinski definition) is 5. The highest BCUT2D eigenvalue weighted by atomic mass is 32.2. The summed E-state index contributed by atoms with van der Waals surface area (Å²) in [6.45, 7) is 0.973. The lowest BCUT2D eigenvalue weighted by Gasteiger charge is -2.51. The number of ether oxygens (including phenoxy) is 1. The summed E-state index contributed by atoms with van der Waals surface area (Å²) in [6.07, 6.45) is 2.99. The zero-order valence-electron chi connectivity index (χ0n) is 17.8. The van der Waals surface area contributed by atoms with Gasteiger partial charge in [-0.3, -0.25) is 19.3 Å². The number of morpholine rings is 1. The molecule has 0 spiro atoms. The van der Waals surface area contributed by atoms with Gasteiger partial charge in [0.05, 0.1) is 19.3 Å². The van der Waals surface area contributed by atoms with Crippen molar-refractivity contribution in [3.05, 3.63) is 99.5 Å². The van der Waals surface area contributed by atoms with E-state index in [4.69, 9.17) is 4.74 Å². The summed E-state index contributed by atoms with van der Waals surface area (Å²) in [5, 5.41) is 1.91. The van der Waals surface area contributed by atoms with E-state index in [0.717, 1.165) is 16.5 Å². The average molecular weight is 470 g/mol. The summed E-state index contributed by atoms with van der Waals surface area (Å²) in [5.41, 5.74) is 1.31. The Balaban J connectivity index is 1.79. The second-order valence-corrected chi connectivity index (χ2v) is 8.69. The number of nitrogens with zero attached hydrogens (tertiary/aromatic N) is 3. The molecule has 0 N–H and O–H groups in total. The van der Waals surface area contributed by atoms with Gasteiger partial charge in [0, 0.05) is 29.8 Å². The molecule has 170 valence electrons. The van der Waals surface area contributed by atoms with E-state index in [1.54, 1.807) is 21.8 Å². The number of thioether (sulfide) groups is 1. The van der Waals surface area contributed by atoms with Crippen LogP contribution in [0.25, 0.3) is 0 Å². The van der Waals surface area contributed by atoms with E-state index in [1.807, 2.05) is 35.5 Å². The van der Waals surface area contributed by atoms with E-state index in [1.165, 1.54) is 30.0 Å². The van der Waals surface area contributed by atoms with E-state index in [0.29, 0.717) is 18.7 Å². The summed E-state index contributed by atoms with van der Waals surface area (Å²) in [4.78, 5) is 28.0. The van der Waals surface area contributed by atoms with E-state index in [-0.39, 0.29) is 23.6 Å². The van der Waals surface area contributed by atoms with Crippen molar-refractivity contribution in [2.45, 2.75) is 17.1 Å². The predicted molar refractivity (Wildman–Crippen MR) is 121 cm³/mol. The minimum Gasteiger partial charge on any atom is -0.375 e. The predicted octanol–water partition coefficient (Wildman–Crippen LogP) is 3.39. The van der Waals surface area contributed by atoms with Gasteiger partial charge in [-0.15, -0.1) is 11.8 Å². The molecule has 1 aromatic heterocycles. The molecule has 3 heterocycles. The van der Waals surface area contributed by atoms with Crippen LogP contribution in [0, 0.1) is 11.6 Å². The lowest BCUT2D eigenvalue weighted by molar-refractivity contribution is -0.0194. The molecule has 0 bridgehead atoms. The highest BCUT2D eigenvalue weighted by Gasteiger charge is 2.43. The lowest BCUT2D eigenvalue weighted by Crippen LogP contribution is -2.66. The first-order valence-electron chi connectivity index (χ1n) is 10.5. The highest BCUT2D eigenvalue weighted by molar-refractivity contribution is 7.98. The number of carbonyl (C=O) groups excluding carboxylic acids is 1. The van der Waals surface area contributed by atoms with E-state index < -0.39 is 23.8 Å². The van der Waals surface area contributed by atoms with Gasteiger partial charge in [-0.2, -0.15) is 0 Å². The Labute approximate surface area is 193 Å². The Hall–Kier alpha value is -3.17. The fraction of sp³-hybridized carbons (Fsp3) is 0.250. The number of fused-ring (bicyclic) bond motifs is 2. The summed E-state index contributed by atoms with van der Waals surface area (Å²) >= 11 is 1.54. The second kappa shape index (κ2) is 8.64. The lowest BCUT2D eigenvalue weighted by atomic mass is 9.96. The van der Waals surface area contributed by atoms with Crippen molar-refractivity contribution < 1.29 is 18.3 Å². The van der Waals surface area contributed by atoms with Crippen LogP contribution in [0.1, 0.15) is 27.7 Å². The quantitative estimate of drug-likeness (QED) is 0.549. The van der Waals surface area contributed by atoms with Crippen LogP contribution in [0.2, 0.25) is 0 Å². The van der Waals surface area contributed by atoms with Crippen molar-refractivity contribution in [3.8, 4) is 0 Å². The number of halogens is 2. The number of rotatable bonds is 4. The molecule has 5 rings (SSSR count). The molecule has 2 aliphatic rings. The van der Waals surface area contributed by atoms with Crippen LogP contribution >= 0.6 is 11.8 Å². The molecule has 33 heavy (non-hydrogen) atoms. The Morgan fingerprint density at radius 2 is 1.88 bits per heavy atom. The van der Waals surface area contributed by atoms with Gasteiger partial charge in [0.25, 0.3) is 5.91 Å². The van der Waals surface area contributed by atoms with Gasteiger partial charge in [0.15, 0.2) is 17.1 Å². The van der Waals surface area contributed by atoms with Gasteiger partial charge in [-0.1, -0.05) is 24.3 Å². The minimum atomic E-state index is -0.955. The molecule has 0 saturated carbocycles. The molecule has 2 aromatic carbocycles. The summed E-state index contributed by atoms with van der Waals surface area (Å²) in [7, 11) is 0. The molecule has 0 aliphatic carbocycles. The largest absolute Gasteiger partial charge is 0.375 e. The molecule has 1 fully saturated rings. The van der Waals surface area contributed by atoms with Gasteiger partial charge in [0.1, 0.15) is 11.9 Å². The van der Waals surface area contributed by atoms with E-state index in [2.05, 4.69) is 0 Å². The van der Waals surface area contributed by atoms with Crippen molar-refractivity contribution in [1.29, 1.82) is 0 Å². The number of aromatic nitrogens is 1. The monoisotopic (exact) mass is 469 g/mol. The van der Waals surface area contributed by atoms with Gasteiger partial charge in [-0.25, -0.2) is 8.78 Å². The molecule has 3 aromatic rings. The van der Waals surface area contributed by atoms with Crippen LogP contribution in [0.4, 0.5) is 8.78 Å². The number of hydrogen-bond donors (Lipinski definition) is 0. The smallest absolute Gasteiger partial charge is 0.274 e. The minimum absolute atomic E-state index is 0.217. The highest BCUT2D eigenvalue weighted by Crippen LogP contribution is 2.38. The SMILES string of the molecule is CSc1ccccc1[C@H](c1ccc(F)c(F)c1)N1[C@@H]2COCCN2C(=O)c2cc(=O)ccn21. The number of carbonyl (C=O) groups is 1. The first-order chi connectivity index (χ1) is 16.0. The average Bonchev–Trinajstić information content (AvgIpc) is 2.84. The molecular weight excluding hydrogens is 448 g/mol. The molecule has 0 radical (unpaired) electrons. The Kier molecular flexibility index (Phi) is 5.67. The molecule has 1 saturated heterocycles. The zero-order chi connectivity index (χ0) is 23.1. The van der Waals surface area contributed by atoms with Crippen molar-refractivity contribution in [2.24, 2.45) is 0 Å². The third-order valence-corrected chi connectivity index (χ3v) is 6.81. The maximum absolute atomic E-state index is 14.4. The summed E-state index contributed by atoms with van der Waals surface area (Å²) in [5.74, 6) is -2.15. The second-order valence-electron chi connectivity index (χ2n) is 7.84. The molecule has 9 heteroatoms. The maximum atomic E-state index is 14.4. The molecule has 2 atom stereocenters. The van der Waals surface area contributed by atoms with Gasteiger partial charge in [-0.05, 0) is 35.6 Å². The van der Waals surface area contributed by atoms with Crippen LogP contribution in [0.15, 0.2) is 70.5 Å². The molecular formula is C24H21F2N3O3S. The first kappa shape index (κ1) is 21.7. The number of benzene rings is 2. The van der Waals surface area contributed by atoms with Crippen LogP contribution in [0.3, 0.4) is 0 Å². The Morgan fingerprint density at radius 1 is 1.06 bits per heavy atom. The van der Waals surface area contributed by atoms with Gasteiger partial charge < -0.3 is 9.64 Å². The molecule has 1 amide bonds. The molecule has 0 unspecified atom stereocenters. The third-order valence-electron chi connectivity index (χ3n) is 6.00. The fourth-order valence-electron chi connectivity index (χ4n) is 4.52. The van der Waals surface area contributed by atoms with Gasteiger partial charge in [0.2, 0.25) is 0 Å². The zero-order valence-corrected chi connectivity index (χ0v) is 18.6. The molecule has 6 nitrogen and oxygen atoms in total. The standard InChI is InChI=1S/C24H21F2N3O3S/c1-33-21-5-3-2-4-17(21)23(15-6-7-18(25)19(26)12-15)29-22-14-32-11-10-27(22)24(31)20-13-16(30)8-9-28(20)29/h2-9,12-13,22-23H,10-11,14H2,1H3/t22-,23+/m1/s1. The van der Waals surface area contributed by atoms with Crippen molar-refractivity contribution in [1.82, 2.24) is 9.58 Å². The van der Waals surface area contributed by atoms with E-state index >= 15 is 0 Å². The number of pyridine rings is 1. The first-order valence-corrected chi connectivity index (χ1v) is 11.7. The summed E-state index contributed by atoms with van der Waals surface area (Å²) < 4.78 is 35.6. The van der Waals surface area contributed by atoms with Gasteiger partial charge >= 0.3 is 0 Å². The Bertz CT molecular complexity index is 1280. The van der Waals surface area contributed by atoms with Crippen LogP contribution < -0.4 is 10.4 Å². The van der Waals surface area contributed by atoms with E-state index in [9.17, 15) is 18.4 Å². The maximum Gasteiger partial charge on any atom is 0.274 e. The van der Waals surface area contributed by atoms with Crippen molar-refractivity contribution in [2.75, 3.05) is 31.0 Å². The fourth-order valence-corrected chi connectivity index (χ4v) is 5.15. The molecule has 2 aliphatic heterocycles.